The van der Waals surface area contributed by atoms with Crippen molar-refractivity contribution in [2.24, 2.45) is 0 Å². The number of pyridine rings is 4. The van der Waals surface area contributed by atoms with Gasteiger partial charge in [-0.3, -0.25) is 19.2 Å². The molecule has 0 spiro atoms. The number of thiophene rings is 4. The smallest absolute Gasteiger partial charge is 0.263 e. The molecule has 0 fully saturated rings. The van der Waals surface area contributed by atoms with Crippen molar-refractivity contribution in [3.63, 3.8) is 0 Å². The highest BCUT2D eigenvalue weighted by Crippen LogP contribution is 2.47. The molecule has 4 aromatic carbocycles. The summed E-state index contributed by atoms with van der Waals surface area (Å²) in [7, 11) is 0. The zero-order valence-electron chi connectivity index (χ0n) is 87.1. The van der Waals surface area contributed by atoms with Crippen LogP contribution in [0, 0.1) is 0 Å². The van der Waals surface area contributed by atoms with Gasteiger partial charge in [0.15, 0.2) is 0 Å². The van der Waals surface area contributed by atoms with Crippen LogP contribution in [0.1, 0.15) is 144 Å². The number of hydrogen-bond acceptors (Lipinski definition) is 32. The number of hydrogen-bond donors (Lipinski definition) is 8. The fourth-order valence-electron chi connectivity index (χ4n) is 13.8. The molecule has 4 amide bonds. The summed E-state index contributed by atoms with van der Waals surface area (Å²) < 4.78 is 203. The molecule has 4 aliphatic rings. The number of benzene rings is 4. The summed E-state index contributed by atoms with van der Waals surface area (Å²) >= 11 is 29.0. The second-order valence-electron chi connectivity index (χ2n) is 28.1. The molecule has 12 aromatic heterocycles. The fraction of sp³-hybridized carbons (Fsp3) is 0.273. The maximum absolute atomic E-state index is 13.0. The van der Waals surface area contributed by atoms with Crippen molar-refractivity contribution in [2.45, 2.75) is 106 Å². The molecule has 20 rings (SSSR count). The molecule has 0 radical (unpaired) electrons. The summed E-state index contributed by atoms with van der Waals surface area (Å²) in [6.45, 7) is -12.2. The van der Waals surface area contributed by atoms with E-state index >= 15 is 0 Å². The van der Waals surface area contributed by atoms with Gasteiger partial charge in [-0.1, -0.05) is 0 Å². The van der Waals surface area contributed by atoms with Gasteiger partial charge >= 0.3 is 0 Å². The number of ether oxygens (including phenoxy) is 8. The van der Waals surface area contributed by atoms with Crippen LogP contribution in [0.25, 0.3) is 84.0 Å². The Morgan fingerprint density at radius 2 is 0.711 bits per heavy atom. The number of aromatic nitrogens is 12. The largest absolute Gasteiger partial charge is 0.420 e. The number of fused-ring (bicyclic) bond motifs is 20. The van der Waals surface area contributed by atoms with Gasteiger partial charge in [-0.05, 0) is 174 Å². The van der Waals surface area contributed by atoms with Crippen molar-refractivity contribution in [3.05, 3.63) is 185 Å². The van der Waals surface area contributed by atoms with Crippen LogP contribution in [0.3, 0.4) is 0 Å². The third kappa shape index (κ3) is 19.1. The van der Waals surface area contributed by atoms with Gasteiger partial charge in [0, 0.05) is 200 Å². The summed E-state index contributed by atoms with van der Waals surface area (Å²) in [4.78, 5) is 103. The molecule has 40 heteroatoms. The first-order valence-electron chi connectivity index (χ1n) is 48.8. The van der Waals surface area contributed by atoms with Crippen molar-refractivity contribution in [1.82, 2.24) is 81.1 Å². The standard InChI is InChI=1S/4C22H20ClN5O3S/c4*1-3-30-10-12-9-25-22(23)28-21(12)31-16-7-4-13-14(27-16)5-6-15-17(13)18-19(32-15)20(29)26-11(2)8-24-18/h4*4-7,9,11,24H,3,8,10H2,1-2H3,(H,26,29)/t3*11-;/m111./s1/i1D3,3D2,10D2;1D3,3D2;10D2;2D3,8D2,11D. The van der Waals surface area contributed by atoms with E-state index in [1.807, 2.05) is 70.2 Å². The highest BCUT2D eigenvalue weighted by atomic mass is 35.5. The van der Waals surface area contributed by atoms with Gasteiger partial charge < -0.3 is 80.4 Å². The van der Waals surface area contributed by atoms with Crippen molar-refractivity contribution in [2.75, 3.05) is 73.7 Å². The van der Waals surface area contributed by atoms with Gasteiger partial charge in [0.05, 0.1) is 108 Å². The number of carbonyl (C=O) groups is 4. The van der Waals surface area contributed by atoms with Crippen LogP contribution in [0.2, 0.25) is 21.1 Å². The molecule has 1 unspecified atom stereocenters. The number of rotatable bonds is 20. The maximum atomic E-state index is 13.0. The first kappa shape index (κ1) is 66.4. The SMILES string of the molecule is [2H]C([2H])(OC([2H])([2H])C([2H])([2H])[2H])c1cnc(Cl)nc1Oc1ccc2c(ccc3sc4c(c32)NC[C@@H](C)NC4=O)n1.[2H]C([2H])(OCC)c1cnc(Cl)nc1Oc1ccc2c(ccc3sc4c(c32)NC[C@@H](C)NC4=O)n1.[2H]C([2H])([2H])C([2H])([2H])OCc1cnc(Cl)nc1Oc1ccc2c(ccc3sc4c(c32)NC[C@@H](C)NC4=O)n1.[2H]C([2H])([2H])C1([2H])NC(=O)c2sc3ccc4nc(Oc5nc(Cl)ncc5COCC)ccc4c3c2NC1([2H])[2H]. The number of nitrogens with one attached hydrogen (secondary N) is 8. The second kappa shape index (κ2) is 38.9. The fourth-order valence-corrected chi connectivity index (χ4v) is 18.7. The van der Waals surface area contributed by atoms with E-state index in [4.69, 9.17) is 112 Å². The average molecular weight is 1900 g/mol. The Hall–Kier alpha value is -12.0. The predicted octanol–water partition coefficient (Wildman–Crippen LogP) is 19.1. The molecular formula is C88H80Cl4N20O12S4. The molecule has 4 aliphatic heterocycles. The number of anilines is 4. The van der Waals surface area contributed by atoms with Crippen LogP contribution in [0.15, 0.2) is 122 Å². The molecule has 656 valence electrons. The number of carbonyl (C=O) groups excluding carboxylic acids is 4. The number of halogens is 4. The lowest BCUT2D eigenvalue weighted by molar-refractivity contribution is 0.0940. The Balaban J connectivity index is 0.000000135. The molecule has 4 atom stereocenters. The Morgan fingerprint density at radius 3 is 1.05 bits per heavy atom. The number of nitrogens with zero attached hydrogens (tertiary/aromatic N) is 12. The summed E-state index contributed by atoms with van der Waals surface area (Å²) in [5, 5.41) is 29.2. The van der Waals surface area contributed by atoms with E-state index in [-0.39, 0.29) is 133 Å². The molecule has 32 nitrogen and oxygen atoms in total. The van der Waals surface area contributed by atoms with E-state index < -0.39 is 83.3 Å². The Labute approximate surface area is 794 Å². The zero-order chi connectivity index (χ0) is 106. The van der Waals surface area contributed by atoms with Gasteiger partial charge in [0.25, 0.3) is 23.6 Å². The highest BCUT2D eigenvalue weighted by Gasteiger charge is 2.31. The van der Waals surface area contributed by atoms with E-state index in [1.165, 1.54) is 58.7 Å². The van der Waals surface area contributed by atoms with Crippen molar-refractivity contribution >= 4 is 222 Å². The van der Waals surface area contributed by atoms with E-state index in [0.717, 1.165) is 81.0 Å². The molecule has 8 N–H and O–H groups in total. The van der Waals surface area contributed by atoms with Gasteiger partial charge in [0.1, 0.15) is 19.5 Å². The van der Waals surface area contributed by atoms with Gasteiger partial charge in [0.2, 0.25) is 68.2 Å². The van der Waals surface area contributed by atoms with Crippen LogP contribution in [-0.2, 0) is 45.3 Å². The maximum Gasteiger partial charge on any atom is 0.263 e. The molecule has 128 heavy (non-hydrogen) atoms. The zero-order valence-corrected chi connectivity index (χ0v) is 73.4. The monoisotopic (exact) mass is 1900 g/mol. The summed E-state index contributed by atoms with van der Waals surface area (Å²) in [5.41, 5.74) is 4.89. The topological polar surface area (TPSA) is 393 Å². The first-order valence-corrected chi connectivity index (χ1v) is 43.5. The molecule has 0 saturated heterocycles. The Morgan fingerprint density at radius 1 is 0.398 bits per heavy atom. The Bertz CT molecular complexity index is 7990. The molecule has 0 aliphatic carbocycles. The van der Waals surface area contributed by atoms with Gasteiger partial charge in [-0.15, -0.1) is 45.3 Å². The van der Waals surface area contributed by atoms with Crippen molar-refractivity contribution < 1.29 is 84.5 Å². The average Bonchev–Trinajstić information content (AvgIpc) is 1.55. The quantitative estimate of drug-likeness (QED) is 0.0329. The molecule has 16 aromatic rings. The van der Waals surface area contributed by atoms with E-state index in [9.17, 15) is 19.2 Å². The van der Waals surface area contributed by atoms with E-state index in [0.29, 0.717) is 84.0 Å². The van der Waals surface area contributed by atoms with Crippen LogP contribution in [0.5, 0.6) is 47.0 Å². The lowest BCUT2D eigenvalue weighted by Crippen LogP contribution is -2.34. The third-order valence-corrected chi connectivity index (χ3v) is 24.7. The van der Waals surface area contributed by atoms with Crippen LogP contribution >= 0.6 is 91.8 Å². The normalized spacial score (nSPS) is 19.9. The summed E-state index contributed by atoms with van der Waals surface area (Å²) in [5.74, 6) is -1.05. The number of amides is 4. The molecule has 16 heterocycles. The lowest BCUT2D eigenvalue weighted by atomic mass is 10.1. The minimum Gasteiger partial charge on any atom is -0.420 e. The minimum absolute atomic E-state index is 0.00332. The third-order valence-electron chi connectivity index (χ3n) is 19.4. The first-order chi connectivity index (χ1) is 69.7. The van der Waals surface area contributed by atoms with Gasteiger partial charge in [-0.2, -0.15) is 19.9 Å². The van der Waals surface area contributed by atoms with Gasteiger partial charge in [-0.25, -0.2) is 39.9 Å². The van der Waals surface area contributed by atoms with Crippen molar-refractivity contribution in [1.29, 1.82) is 0 Å². The molecular weight excluding hydrogens is 1800 g/mol. The lowest BCUT2D eigenvalue weighted by Gasteiger charge is -2.11. The van der Waals surface area contributed by atoms with E-state index in [1.54, 1.807) is 55.5 Å². The second-order valence-corrected chi connectivity index (χ2v) is 33.7. The van der Waals surface area contributed by atoms with E-state index in [2.05, 4.69) is 102 Å². The molecule has 0 saturated carbocycles. The summed E-state index contributed by atoms with van der Waals surface area (Å²) in [6, 6.07) is 25.1. The molecule has 0 bridgehead atoms. The van der Waals surface area contributed by atoms with Crippen LogP contribution in [0.4, 0.5) is 22.7 Å². The predicted molar refractivity (Wildman–Crippen MR) is 500 cm³/mol. The highest BCUT2D eigenvalue weighted by molar-refractivity contribution is 7.23. The minimum atomic E-state index is -3.33. The van der Waals surface area contributed by atoms with Crippen LogP contribution in [-0.4, -0.2) is 160 Å². The van der Waals surface area contributed by atoms with Crippen molar-refractivity contribution in [3.8, 4) is 47.0 Å². The van der Waals surface area contributed by atoms with Crippen LogP contribution < -0.4 is 61.5 Å². The summed E-state index contributed by atoms with van der Waals surface area (Å²) in [6.07, 6.45) is 4.93. The Kier molecular flexibility index (Phi) is 20.2.